The molecule has 18 heavy (non-hydrogen) atoms. The molecule has 0 radical (unpaired) electrons. The van der Waals surface area contributed by atoms with Gasteiger partial charge in [0.1, 0.15) is 0 Å². The minimum Gasteiger partial charge on any atom is -0.376 e. The number of nitrogens with two attached hydrogens (primary N) is 1. The van der Waals surface area contributed by atoms with Crippen LogP contribution >= 0.6 is 0 Å². The van der Waals surface area contributed by atoms with Gasteiger partial charge >= 0.3 is 0 Å². The van der Waals surface area contributed by atoms with E-state index in [4.69, 9.17) is 10.5 Å². The quantitative estimate of drug-likeness (QED) is 0.887. The summed E-state index contributed by atoms with van der Waals surface area (Å²) in [6, 6.07) is 11.0. The number of hydrogen-bond donors (Lipinski definition) is 1. The maximum Gasteiger partial charge on any atom is 0.0674 e. The van der Waals surface area contributed by atoms with E-state index in [-0.39, 0.29) is 6.04 Å². The van der Waals surface area contributed by atoms with Crippen LogP contribution in [0.1, 0.15) is 31.9 Å². The Morgan fingerprint density at radius 2 is 2.06 bits per heavy atom. The van der Waals surface area contributed by atoms with Crippen LogP contribution in [-0.2, 0) is 4.74 Å². The van der Waals surface area contributed by atoms with Gasteiger partial charge in [-0.15, -0.1) is 0 Å². The third kappa shape index (κ3) is 3.55. The first-order valence-corrected chi connectivity index (χ1v) is 6.83. The van der Waals surface area contributed by atoms with Crippen molar-refractivity contribution in [3.05, 3.63) is 35.9 Å². The molecule has 3 heteroatoms. The van der Waals surface area contributed by atoms with Gasteiger partial charge in [0.2, 0.25) is 0 Å². The van der Waals surface area contributed by atoms with E-state index in [0.717, 1.165) is 26.1 Å². The van der Waals surface area contributed by atoms with Crippen LogP contribution in [0.4, 0.5) is 0 Å². The molecule has 1 aromatic carbocycles. The first kappa shape index (κ1) is 13.5. The molecule has 100 valence electrons. The Hall–Kier alpha value is -0.900. The maximum atomic E-state index is 6.23. The Morgan fingerprint density at radius 3 is 2.78 bits per heavy atom. The Bertz CT molecular complexity index is 355. The van der Waals surface area contributed by atoms with Crippen molar-refractivity contribution in [1.82, 2.24) is 4.90 Å². The minimum atomic E-state index is 0.136. The largest absolute Gasteiger partial charge is 0.376 e. The average Bonchev–Trinajstić information content (AvgIpc) is 2.40. The molecule has 1 saturated heterocycles. The van der Waals surface area contributed by atoms with E-state index in [1.807, 2.05) is 6.07 Å². The van der Waals surface area contributed by atoms with E-state index in [0.29, 0.717) is 12.1 Å². The third-order valence-electron chi connectivity index (χ3n) is 3.69. The van der Waals surface area contributed by atoms with Crippen molar-refractivity contribution < 1.29 is 4.74 Å². The summed E-state index contributed by atoms with van der Waals surface area (Å²) in [7, 11) is 0. The summed E-state index contributed by atoms with van der Waals surface area (Å²) < 4.78 is 5.64. The van der Waals surface area contributed by atoms with Gasteiger partial charge in [-0.1, -0.05) is 30.3 Å². The molecule has 3 unspecified atom stereocenters. The van der Waals surface area contributed by atoms with Gasteiger partial charge in [-0.05, 0) is 25.8 Å². The molecular weight excluding hydrogens is 224 g/mol. The van der Waals surface area contributed by atoms with E-state index < -0.39 is 0 Å². The summed E-state index contributed by atoms with van der Waals surface area (Å²) in [6.45, 7) is 7.26. The lowest BCUT2D eigenvalue weighted by molar-refractivity contribution is -0.0499. The van der Waals surface area contributed by atoms with Gasteiger partial charge in [-0.2, -0.15) is 0 Å². The number of ether oxygens (including phenoxy) is 1. The van der Waals surface area contributed by atoms with Crippen molar-refractivity contribution in [2.75, 3.05) is 19.7 Å². The van der Waals surface area contributed by atoms with Gasteiger partial charge in [-0.3, -0.25) is 4.90 Å². The van der Waals surface area contributed by atoms with Crippen LogP contribution in [0.2, 0.25) is 0 Å². The fraction of sp³-hybridized carbons (Fsp3) is 0.600. The summed E-state index contributed by atoms with van der Waals surface area (Å²) in [4.78, 5) is 2.48. The smallest absolute Gasteiger partial charge is 0.0674 e. The van der Waals surface area contributed by atoms with Crippen LogP contribution < -0.4 is 5.73 Å². The van der Waals surface area contributed by atoms with E-state index in [2.05, 4.69) is 43.0 Å². The van der Waals surface area contributed by atoms with Crippen molar-refractivity contribution in [2.24, 2.45) is 5.73 Å². The van der Waals surface area contributed by atoms with Crippen molar-refractivity contribution in [3.63, 3.8) is 0 Å². The van der Waals surface area contributed by atoms with Crippen molar-refractivity contribution in [2.45, 2.75) is 38.5 Å². The molecule has 0 bridgehead atoms. The van der Waals surface area contributed by atoms with Crippen LogP contribution in [0.3, 0.4) is 0 Å². The number of morpholine rings is 1. The highest BCUT2D eigenvalue weighted by molar-refractivity contribution is 5.18. The van der Waals surface area contributed by atoms with Crippen molar-refractivity contribution in [1.29, 1.82) is 0 Å². The monoisotopic (exact) mass is 248 g/mol. The molecule has 2 N–H and O–H groups in total. The lowest BCUT2D eigenvalue weighted by atomic mass is 10.0. The second-order valence-corrected chi connectivity index (χ2v) is 5.29. The van der Waals surface area contributed by atoms with Gasteiger partial charge in [0.25, 0.3) is 0 Å². The molecule has 1 aliphatic rings. The molecule has 0 spiro atoms. The van der Waals surface area contributed by atoms with Crippen LogP contribution in [-0.4, -0.2) is 36.7 Å². The summed E-state index contributed by atoms with van der Waals surface area (Å²) in [5, 5.41) is 0. The Kier molecular flexibility index (Phi) is 4.75. The zero-order valence-corrected chi connectivity index (χ0v) is 11.4. The van der Waals surface area contributed by atoms with Gasteiger partial charge in [-0.25, -0.2) is 0 Å². The number of rotatable bonds is 4. The fourth-order valence-electron chi connectivity index (χ4n) is 2.46. The molecule has 0 amide bonds. The van der Waals surface area contributed by atoms with Crippen molar-refractivity contribution in [3.8, 4) is 0 Å². The first-order valence-electron chi connectivity index (χ1n) is 6.83. The number of benzene rings is 1. The number of nitrogens with zero attached hydrogens (tertiary/aromatic N) is 1. The molecule has 1 aromatic rings. The lowest BCUT2D eigenvalue weighted by Gasteiger charge is -2.37. The van der Waals surface area contributed by atoms with Gasteiger partial charge in [0.05, 0.1) is 12.7 Å². The summed E-state index contributed by atoms with van der Waals surface area (Å²) in [6.07, 6.45) is 1.34. The predicted octanol–water partition coefficient (Wildman–Crippen LogP) is 2.19. The highest BCUT2D eigenvalue weighted by atomic mass is 16.5. The topological polar surface area (TPSA) is 38.5 Å². The van der Waals surface area contributed by atoms with E-state index >= 15 is 0 Å². The molecule has 3 atom stereocenters. The van der Waals surface area contributed by atoms with E-state index in [1.54, 1.807) is 0 Å². The Morgan fingerprint density at radius 1 is 1.33 bits per heavy atom. The maximum absolute atomic E-state index is 6.23. The molecule has 1 aliphatic heterocycles. The summed E-state index contributed by atoms with van der Waals surface area (Å²) >= 11 is 0. The van der Waals surface area contributed by atoms with E-state index in [9.17, 15) is 0 Å². The standard InChI is InChI=1S/C15H24N2O/c1-12-11-18-13(2)10-17(12)9-8-15(16)14-6-4-3-5-7-14/h3-7,12-13,15H,8-11,16H2,1-2H3. The number of hydrogen-bond acceptors (Lipinski definition) is 3. The van der Waals surface area contributed by atoms with Crippen molar-refractivity contribution >= 4 is 0 Å². The zero-order valence-electron chi connectivity index (χ0n) is 11.4. The molecule has 2 rings (SSSR count). The van der Waals surface area contributed by atoms with Gasteiger partial charge in [0.15, 0.2) is 0 Å². The molecule has 3 nitrogen and oxygen atoms in total. The molecular formula is C15H24N2O. The molecule has 1 fully saturated rings. The molecule has 0 saturated carbocycles. The highest BCUT2D eigenvalue weighted by Gasteiger charge is 2.23. The Labute approximate surface area is 110 Å². The minimum absolute atomic E-state index is 0.136. The third-order valence-corrected chi connectivity index (χ3v) is 3.69. The second kappa shape index (κ2) is 6.32. The average molecular weight is 248 g/mol. The van der Waals surface area contributed by atoms with E-state index in [1.165, 1.54) is 5.56 Å². The lowest BCUT2D eigenvalue weighted by Crippen LogP contribution is -2.47. The SMILES string of the molecule is CC1CN(CCC(N)c2ccccc2)C(C)CO1. The predicted molar refractivity (Wildman–Crippen MR) is 74.4 cm³/mol. The van der Waals surface area contributed by atoms with Gasteiger partial charge < -0.3 is 10.5 Å². The van der Waals surface area contributed by atoms with Crippen LogP contribution in [0.25, 0.3) is 0 Å². The fourth-order valence-corrected chi connectivity index (χ4v) is 2.46. The molecule has 0 aromatic heterocycles. The van der Waals surface area contributed by atoms with Crippen LogP contribution in [0.15, 0.2) is 30.3 Å². The zero-order chi connectivity index (χ0) is 13.0. The molecule has 0 aliphatic carbocycles. The Balaban J connectivity index is 1.83. The molecule has 1 heterocycles. The van der Waals surface area contributed by atoms with Gasteiger partial charge in [0, 0.05) is 25.2 Å². The summed E-state index contributed by atoms with van der Waals surface area (Å²) in [5.74, 6) is 0. The first-order chi connectivity index (χ1) is 8.66. The highest BCUT2D eigenvalue weighted by Crippen LogP contribution is 2.17. The van der Waals surface area contributed by atoms with Crippen LogP contribution in [0.5, 0.6) is 0 Å². The summed E-state index contributed by atoms with van der Waals surface area (Å²) in [5.41, 5.74) is 7.46. The van der Waals surface area contributed by atoms with Crippen LogP contribution in [0, 0.1) is 0 Å². The second-order valence-electron chi connectivity index (χ2n) is 5.29. The normalized spacial score (nSPS) is 27.1.